The molecule has 200 valence electrons. The van der Waals surface area contributed by atoms with Gasteiger partial charge in [0.25, 0.3) is 0 Å². The molecule has 2 aliphatic heterocycles. The zero-order valence-corrected chi connectivity index (χ0v) is 22.0. The highest BCUT2D eigenvalue weighted by molar-refractivity contribution is 6.05. The van der Waals surface area contributed by atoms with Gasteiger partial charge in [0.15, 0.2) is 0 Å². The lowest BCUT2D eigenvalue weighted by atomic mass is 9.85. The number of carbonyl (C=O) groups is 3. The molecule has 4 rings (SSSR count). The Morgan fingerprint density at radius 2 is 1.76 bits per heavy atom. The van der Waals surface area contributed by atoms with Crippen LogP contribution in [0.15, 0.2) is 48.7 Å². The van der Waals surface area contributed by atoms with Gasteiger partial charge in [-0.3, -0.25) is 19.4 Å². The number of esters is 1. The Balaban J connectivity index is 1.36. The van der Waals surface area contributed by atoms with Crippen LogP contribution < -0.4 is 4.90 Å². The van der Waals surface area contributed by atoms with Gasteiger partial charge in [0.2, 0.25) is 11.8 Å². The van der Waals surface area contributed by atoms with E-state index < -0.39 is 12.1 Å². The molecule has 3 aliphatic rings. The van der Waals surface area contributed by atoms with Crippen LogP contribution in [0.2, 0.25) is 0 Å². The fraction of sp³-hybridized carbons (Fsp3) is 0.586. The Morgan fingerprint density at radius 3 is 2.41 bits per heavy atom. The van der Waals surface area contributed by atoms with Crippen LogP contribution in [0.25, 0.3) is 0 Å². The highest BCUT2D eigenvalue weighted by Crippen LogP contribution is 2.35. The Morgan fingerprint density at radius 1 is 1.03 bits per heavy atom. The van der Waals surface area contributed by atoms with E-state index in [2.05, 4.69) is 21.7 Å². The van der Waals surface area contributed by atoms with Gasteiger partial charge in [0.05, 0.1) is 18.4 Å². The number of unbranched alkanes of at least 4 members (excludes halogenated alkanes) is 4. The molecule has 0 aromatic carbocycles. The number of aromatic nitrogens is 1. The molecule has 0 spiro atoms. The monoisotopic (exact) mass is 508 g/mol. The van der Waals surface area contributed by atoms with Crippen LogP contribution in [-0.4, -0.2) is 77.9 Å². The van der Waals surface area contributed by atoms with Gasteiger partial charge in [0.1, 0.15) is 11.9 Å². The van der Waals surface area contributed by atoms with Crippen LogP contribution >= 0.6 is 0 Å². The highest BCUT2D eigenvalue weighted by Gasteiger charge is 2.48. The van der Waals surface area contributed by atoms with Gasteiger partial charge in [0, 0.05) is 45.0 Å². The summed E-state index contributed by atoms with van der Waals surface area (Å²) in [6, 6.07) is 5.90. The SMILES string of the molecule is CCCCCC/C=C/C(=O)OC(CN1CCN(c2ccccn2)CC1)CN1C(=O)C2CC=CCC2C1=O. The molecule has 0 saturated carbocycles. The molecule has 0 N–H and O–H groups in total. The van der Waals surface area contributed by atoms with Crippen LogP contribution in [0.5, 0.6) is 0 Å². The van der Waals surface area contributed by atoms with Crippen molar-refractivity contribution in [1.29, 1.82) is 0 Å². The second-order valence-corrected chi connectivity index (χ2v) is 10.2. The average Bonchev–Trinajstić information content (AvgIpc) is 3.16. The van der Waals surface area contributed by atoms with Gasteiger partial charge < -0.3 is 9.64 Å². The fourth-order valence-corrected chi connectivity index (χ4v) is 5.45. The van der Waals surface area contributed by atoms with Crippen molar-refractivity contribution >= 4 is 23.6 Å². The smallest absolute Gasteiger partial charge is 0.330 e. The number of piperazine rings is 1. The molecule has 2 amide bonds. The van der Waals surface area contributed by atoms with Crippen molar-refractivity contribution in [3.05, 3.63) is 48.7 Å². The number of hydrogen-bond acceptors (Lipinski definition) is 7. The molecule has 0 radical (unpaired) electrons. The molecule has 1 aromatic rings. The number of likely N-dealkylation sites (tertiary alicyclic amines) is 1. The van der Waals surface area contributed by atoms with Crippen molar-refractivity contribution in [2.45, 2.75) is 58.0 Å². The van der Waals surface area contributed by atoms with E-state index in [1.807, 2.05) is 36.4 Å². The average molecular weight is 509 g/mol. The summed E-state index contributed by atoms with van der Waals surface area (Å²) in [6.45, 7) is 5.97. The molecule has 8 nitrogen and oxygen atoms in total. The largest absolute Gasteiger partial charge is 0.456 e. The molecular weight excluding hydrogens is 468 g/mol. The van der Waals surface area contributed by atoms with E-state index in [-0.39, 0.29) is 30.2 Å². The molecule has 3 unspecified atom stereocenters. The van der Waals surface area contributed by atoms with Crippen LogP contribution in [0, 0.1) is 11.8 Å². The first-order valence-corrected chi connectivity index (χ1v) is 13.8. The fourth-order valence-electron chi connectivity index (χ4n) is 5.45. The first-order valence-electron chi connectivity index (χ1n) is 13.8. The molecular formula is C29H40N4O4. The van der Waals surface area contributed by atoms with Gasteiger partial charge in [-0.15, -0.1) is 0 Å². The third kappa shape index (κ3) is 7.28. The number of carbonyl (C=O) groups excluding carboxylic acids is 3. The first kappa shape index (κ1) is 27.0. The Labute approximate surface area is 220 Å². The van der Waals surface area contributed by atoms with Gasteiger partial charge in [-0.25, -0.2) is 9.78 Å². The summed E-state index contributed by atoms with van der Waals surface area (Å²) in [5.41, 5.74) is 0. The number of nitrogens with zero attached hydrogens (tertiary/aromatic N) is 4. The van der Waals surface area contributed by atoms with Crippen molar-refractivity contribution < 1.29 is 19.1 Å². The van der Waals surface area contributed by atoms with Gasteiger partial charge in [-0.2, -0.15) is 0 Å². The highest BCUT2D eigenvalue weighted by atomic mass is 16.5. The zero-order valence-electron chi connectivity index (χ0n) is 22.0. The number of allylic oxidation sites excluding steroid dienone is 3. The third-order valence-corrected chi connectivity index (χ3v) is 7.55. The predicted molar refractivity (Wildman–Crippen MR) is 143 cm³/mol. The van der Waals surface area contributed by atoms with Crippen molar-refractivity contribution in [2.75, 3.05) is 44.2 Å². The van der Waals surface area contributed by atoms with Crippen molar-refractivity contribution in [2.24, 2.45) is 11.8 Å². The summed E-state index contributed by atoms with van der Waals surface area (Å²) in [7, 11) is 0. The number of fused-ring (bicyclic) bond motifs is 1. The van der Waals surface area contributed by atoms with Gasteiger partial charge >= 0.3 is 5.97 Å². The Kier molecular flexibility index (Phi) is 9.88. The topological polar surface area (TPSA) is 83.1 Å². The number of pyridine rings is 1. The van der Waals surface area contributed by atoms with Crippen LogP contribution in [0.4, 0.5) is 5.82 Å². The number of anilines is 1. The molecule has 1 aromatic heterocycles. The van der Waals surface area contributed by atoms with E-state index in [0.29, 0.717) is 19.4 Å². The quantitative estimate of drug-likeness (QED) is 0.140. The lowest BCUT2D eigenvalue weighted by Crippen LogP contribution is -2.51. The minimum Gasteiger partial charge on any atom is -0.456 e. The van der Waals surface area contributed by atoms with Gasteiger partial charge in [-0.05, 0) is 37.8 Å². The third-order valence-electron chi connectivity index (χ3n) is 7.55. The summed E-state index contributed by atoms with van der Waals surface area (Å²) in [5.74, 6) is -0.277. The number of hydrogen-bond donors (Lipinski definition) is 0. The zero-order chi connectivity index (χ0) is 26.0. The maximum absolute atomic E-state index is 13.1. The first-order chi connectivity index (χ1) is 18.1. The lowest BCUT2D eigenvalue weighted by Gasteiger charge is -2.37. The molecule has 37 heavy (non-hydrogen) atoms. The van der Waals surface area contributed by atoms with E-state index in [1.54, 1.807) is 6.20 Å². The minimum absolute atomic E-state index is 0.112. The maximum atomic E-state index is 13.1. The van der Waals surface area contributed by atoms with Crippen molar-refractivity contribution in [1.82, 2.24) is 14.8 Å². The van der Waals surface area contributed by atoms with Crippen molar-refractivity contribution in [3.8, 4) is 0 Å². The minimum atomic E-state index is -0.570. The molecule has 0 bridgehead atoms. The maximum Gasteiger partial charge on any atom is 0.330 e. The van der Waals surface area contributed by atoms with Crippen LogP contribution in [0.3, 0.4) is 0 Å². The Bertz CT molecular complexity index is 945. The molecule has 2 saturated heterocycles. The van der Waals surface area contributed by atoms with E-state index in [4.69, 9.17) is 4.74 Å². The molecule has 1 aliphatic carbocycles. The molecule has 3 heterocycles. The predicted octanol–water partition coefficient (Wildman–Crippen LogP) is 3.59. The second kappa shape index (κ2) is 13.5. The normalized spacial score (nSPS) is 23.1. The van der Waals surface area contributed by atoms with E-state index >= 15 is 0 Å². The summed E-state index contributed by atoms with van der Waals surface area (Å²) in [5, 5.41) is 0. The second-order valence-electron chi connectivity index (χ2n) is 10.2. The van der Waals surface area contributed by atoms with E-state index in [1.165, 1.54) is 23.8 Å². The lowest BCUT2D eigenvalue weighted by molar-refractivity contribution is -0.151. The van der Waals surface area contributed by atoms with Crippen molar-refractivity contribution in [3.63, 3.8) is 0 Å². The summed E-state index contributed by atoms with van der Waals surface area (Å²) in [4.78, 5) is 49.0. The standard InChI is InChI=1S/C29H40N4O4/c1-2-3-4-5-6-7-15-27(34)37-23(22-33-28(35)24-12-8-9-13-25(24)29(33)36)21-31-17-19-32(20-18-31)26-14-10-11-16-30-26/h7-11,14-16,23-25H,2-6,12-13,17-22H2,1H3/b15-7+. The Hall–Kier alpha value is -3.00. The number of amides is 2. The molecule has 3 atom stereocenters. The summed E-state index contributed by atoms with van der Waals surface area (Å²) >= 11 is 0. The van der Waals surface area contributed by atoms with E-state index in [9.17, 15) is 14.4 Å². The number of imide groups is 1. The molecule has 8 heteroatoms. The van der Waals surface area contributed by atoms with Crippen LogP contribution in [-0.2, 0) is 19.1 Å². The molecule has 2 fully saturated rings. The summed E-state index contributed by atoms with van der Waals surface area (Å²) < 4.78 is 5.85. The van der Waals surface area contributed by atoms with Crippen LogP contribution in [0.1, 0.15) is 51.9 Å². The van der Waals surface area contributed by atoms with E-state index in [0.717, 1.165) is 51.3 Å². The number of ether oxygens (including phenoxy) is 1. The summed E-state index contributed by atoms with van der Waals surface area (Å²) in [6.07, 6.45) is 15.2. The van der Waals surface area contributed by atoms with Gasteiger partial charge in [-0.1, -0.05) is 50.5 Å². The number of rotatable bonds is 12.